The number of allylic oxidation sites excluding steroid dienone is 2. The van der Waals surface area contributed by atoms with Crippen LogP contribution in [0.3, 0.4) is 0 Å². The molecule has 2 aromatic heterocycles. The van der Waals surface area contributed by atoms with Gasteiger partial charge in [-0.1, -0.05) is 35.9 Å². The van der Waals surface area contributed by atoms with Gasteiger partial charge in [-0.15, -0.1) is 0 Å². The van der Waals surface area contributed by atoms with E-state index in [1.807, 2.05) is 42.5 Å². The third kappa shape index (κ3) is 3.93. The van der Waals surface area contributed by atoms with Crippen molar-refractivity contribution in [3.63, 3.8) is 0 Å². The number of pyridine rings is 1. The number of aliphatic imine (C=N–C) groups is 1. The number of hydrogen-bond acceptors (Lipinski definition) is 5. The van der Waals surface area contributed by atoms with Gasteiger partial charge in [0.15, 0.2) is 10.3 Å². The smallest absolute Gasteiger partial charge is 0.271 e. The van der Waals surface area contributed by atoms with Gasteiger partial charge in [-0.3, -0.25) is 9.69 Å². The second-order valence-electron chi connectivity index (χ2n) is 5.69. The average Bonchev–Trinajstić information content (AvgIpc) is 3.33. The van der Waals surface area contributed by atoms with Gasteiger partial charge < -0.3 is 4.42 Å². The topological polar surface area (TPSA) is 58.7 Å². The standard InChI is InChI=1S/C21H14ClN3O2S/c22-19-17(11-5-13-23-19)24-21-25(15-7-2-1-3-8-15)20(26)18(28-21)12-4-9-16-10-6-14-27-16/h1-14H/b9-4+,18-12+,24-21?. The molecule has 3 aromatic rings. The van der Waals surface area contributed by atoms with Gasteiger partial charge in [-0.25, -0.2) is 9.98 Å². The van der Waals surface area contributed by atoms with Crippen LogP contribution in [0.2, 0.25) is 5.15 Å². The van der Waals surface area contributed by atoms with Gasteiger partial charge >= 0.3 is 0 Å². The van der Waals surface area contributed by atoms with Crippen LogP contribution >= 0.6 is 23.4 Å². The van der Waals surface area contributed by atoms with E-state index in [0.29, 0.717) is 21.5 Å². The Morgan fingerprint density at radius 1 is 1.11 bits per heavy atom. The second kappa shape index (κ2) is 8.29. The molecule has 0 saturated carbocycles. The Hall–Kier alpha value is -3.09. The molecule has 1 aliphatic heterocycles. The molecule has 1 amide bonds. The van der Waals surface area contributed by atoms with E-state index in [-0.39, 0.29) is 11.1 Å². The van der Waals surface area contributed by atoms with Crippen molar-refractivity contribution in [2.24, 2.45) is 4.99 Å². The van der Waals surface area contributed by atoms with Crippen LogP contribution in [-0.2, 0) is 4.79 Å². The number of rotatable bonds is 4. The number of carbonyl (C=O) groups excluding carboxylic acids is 1. The molecule has 0 spiro atoms. The van der Waals surface area contributed by atoms with Crippen LogP contribution in [-0.4, -0.2) is 16.1 Å². The number of amidine groups is 1. The molecule has 138 valence electrons. The van der Waals surface area contributed by atoms with E-state index in [4.69, 9.17) is 16.0 Å². The molecule has 28 heavy (non-hydrogen) atoms. The summed E-state index contributed by atoms with van der Waals surface area (Å²) >= 11 is 7.42. The first-order valence-corrected chi connectivity index (χ1v) is 9.60. The van der Waals surface area contributed by atoms with Gasteiger partial charge in [0.25, 0.3) is 5.91 Å². The van der Waals surface area contributed by atoms with Gasteiger partial charge in [0.1, 0.15) is 11.4 Å². The van der Waals surface area contributed by atoms with Crippen molar-refractivity contribution in [2.45, 2.75) is 0 Å². The predicted octanol–water partition coefficient (Wildman–Crippen LogP) is 5.69. The summed E-state index contributed by atoms with van der Waals surface area (Å²) in [6, 6.07) is 16.5. The predicted molar refractivity (Wildman–Crippen MR) is 114 cm³/mol. The number of halogens is 1. The van der Waals surface area contributed by atoms with Crippen molar-refractivity contribution in [1.82, 2.24) is 4.98 Å². The summed E-state index contributed by atoms with van der Waals surface area (Å²) < 4.78 is 5.27. The fourth-order valence-electron chi connectivity index (χ4n) is 2.55. The van der Waals surface area contributed by atoms with Crippen molar-refractivity contribution in [3.8, 4) is 0 Å². The number of amides is 1. The zero-order valence-corrected chi connectivity index (χ0v) is 16.1. The maximum absolute atomic E-state index is 13.0. The number of para-hydroxylation sites is 1. The maximum atomic E-state index is 13.0. The summed E-state index contributed by atoms with van der Waals surface area (Å²) in [6.07, 6.45) is 8.52. The molecular weight excluding hydrogens is 394 g/mol. The fraction of sp³-hybridized carbons (Fsp3) is 0. The average molecular weight is 408 g/mol. The molecule has 1 saturated heterocycles. The summed E-state index contributed by atoms with van der Waals surface area (Å²) in [5, 5.41) is 0.801. The van der Waals surface area contributed by atoms with Gasteiger partial charge in [0.2, 0.25) is 0 Å². The monoisotopic (exact) mass is 407 g/mol. The first kappa shape index (κ1) is 18.3. The minimum atomic E-state index is -0.154. The molecule has 1 aromatic carbocycles. The Labute approximate surface area is 171 Å². The number of benzene rings is 1. The zero-order chi connectivity index (χ0) is 19.3. The molecule has 5 nitrogen and oxygen atoms in total. The quantitative estimate of drug-likeness (QED) is 0.411. The van der Waals surface area contributed by atoms with Crippen molar-refractivity contribution >= 4 is 51.9 Å². The van der Waals surface area contributed by atoms with Crippen molar-refractivity contribution in [1.29, 1.82) is 0 Å². The van der Waals surface area contributed by atoms with Crippen molar-refractivity contribution in [2.75, 3.05) is 4.90 Å². The normalized spacial score (nSPS) is 17.3. The largest absolute Gasteiger partial charge is 0.465 e. The van der Waals surface area contributed by atoms with E-state index in [1.165, 1.54) is 11.8 Å². The molecule has 0 atom stereocenters. The van der Waals surface area contributed by atoms with E-state index in [1.54, 1.807) is 47.7 Å². The van der Waals surface area contributed by atoms with Gasteiger partial charge in [-0.05, 0) is 60.3 Å². The van der Waals surface area contributed by atoms with Gasteiger partial charge in [0, 0.05) is 6.20 Å². The number of thioether (sulfide) groups is 1. The van der Waals surface area contributed by atoms with Crippen LogP contribution < -0.4 is 4.90 Å². The Morgan fingerprint density at radius 2 is 1.96 bits per heavy atom. The fourth-order valence-corrected chi connectivity index (χ4v) is 3.66. The molecule has 0 bridgehead atoms. The molecule has 3 heterocycles. The number of furan rings is 1. The van der Waals surface area contributed by atoms with Gasteiger partial charge in [0.05, 0.1) is 16.9 Å². The first-order valence-electron chi connectivity index (χ1n) is 8.41. The van der Waals surface area contributed by atoms with Crippen LogP contribution in [0.25, 0.3) is 6.08 Å². The minimum absolute atomic E-state index is 0.154. The Morgan fingerprint density at radius 3 is 2.71 bits per heavy atom. The molecule has 4 rings (SSSR count). The molecule has 0 unspecified atom stereocenters. The van der Waals surface area contributed by atoms with Gasteiger partial charge in [-0.2, -0.15) is 0 Å². The number of anilines is 1. The number of hydrogen-bond donors (Lipinski definition) is 0. The second-order valence-corrected chi connectivity index (χ2v) is 7.06. The van der Waals surface area contributed by atoms with E-state index in [9.17, 15) is 4.79 Å². The molecule has 1 aliphatic rings. The summed E-state index contributed by atoms with van der Waals surface area (Å²) in [5.41, 5.74) is 1.24. The lowest BCUT2D eigenvalue weighted by Crippen LogP contribution is -2.28. The Balaban J connectivity index is 1.71. The highest BCUT2D eigenvalue weighted by atomic mass is 35.5. The number of aromatic nitrogens is 1. The summed E-state index contributed by atoms with van der Waals surface area (Å²) in [7, 11) is 0. The molecule has 0 aliphatic carbocycles. The summed E-state index contributed by atoms with van der Waals surface area (Å²) in [4.78, 5) is 23.8. The van der Waals surface area contributed by atoms with E-state index in [0.717, 1.165) is 5.69 Å². The molecule has 7 heteroatoms. The summed E-state index contributed by atoms with van der Waals surface area (Å²) in [6.45, 7) is 0. The van der Waals surface area contributed by atoms with Crippen molar-refractivity contribution < 1.29 is 9.21 Å². The van der Waals surface area contributed by atoms with Crippen LogP contribution in [0.1, 0.15) is 5.76 Å². The van der Waals surface area contributed by atoms with Crippen LogP contribution in [0.4, 0.5) is 11.4 Å². The maximum Gasteiger partial charge on any atom is 0.271 e. The number of carbonyl (C=O) groups is 1. The molecular formula is C21H14ClN3O2S. The Kier molecular flexibility index (Phi) is 5.41. The zero-order valence-electron chi connectivity index (χ0n) is 14.5. The van der Waals surface area contributed by atoms with Crippen LogP contribution in [0, 0.1) is 0 Å². The lowest BCUT2D eigenvalue weighted by atomic mass is 10.3. The van der Waals surface area contributed by atoms with E-state index >= 15 is 0 Å². The lowest BCUT2D eigenvalue weighted by molar-refractivity contribution is -0.113. The molecule has 1 fully saturated rings. The van der Waals surface area contributed by atoms with Crippen LogP contribution in [0.15, 0.2) is 93.5 Å². The third-order valence-corrected chi connectivity index (χ3v) is 5.11. The molecule has 0 N–H and O–H groups in total. The lowest BCUT2D eigenvalue weighted by Gasteiger charge is -2.15. The van der Waals surface area contributed by atoms with E-state index in [2.05, 4.69) is 9.98 Å². The molecule has 0 radical (unpaired) electrons. The highest BCUT2D eigenvalue weighted by Crippen LogP contribution is 2.37. The number of nitrogens with zero attached hydrogens (tertiary/aromatic N) is 3. The third-order valence-electron chi connectivity index (χ3n) is 3.83. The minimum Gasteiger partial charge on any atom is -0.465 e. The highest BCUT2D eigenvalue weighted by molar-refractivity contribution is 8.19. The van der Waals surface area contributed by atoms with Crippen LogP contribution in [0.5, 0.6) is 0 Å². The van der Waals surface area contributed by atoms with E-state index < -0.39 is 0 Å². The Bertz CT molecular complexity index is 1080. The SMILES string of the molecule is O=C1/C(=C\C=C\c2ccco2)SC(=Nc2cccnc2Cl)N1c1ccccc1. The summed E-state index contributed by atoms with van der Waals surface area (Å²) in [5.74, 6) is 0.558. The van der Waals surface area contributed by atoms with Crippen molar-refractivity contribution in [3.05, 3.63) is 95.0 Å². The first-order chi connectivity index (χ1) is 13.7. The highest BCUT2D eigenvalue weighted by Gasteiger charge is 2.34.